The second kappa shape index (κ2) is 6.83. The molecule has 0 saturated heterocycles. The Morgan fingerprint density at radius 2 is 1.43 bits per heavy atom. The highest BCUT2D eigenvalue weighted by Gasteiger charge is 2.14. The summed E-state index contributed by atoms with van der Waals surface area (Å²) >= 11 is 12.3. The van der Waals surface area contributed by atoms with Crippen molar-refractivity contribution in [2.24, 2.45) is 0 Å². The van der Waals surface area contributed by atoms with Gasteiger partial charge in [-0.25, -0.2) is 0 Å². The molecule has 0 amide bonds. The molecule has 3 heteroatoms. The molecule has 1 atom stereocenters. The fraction of sp³-hybridized carbons (Fsp3) is 0.333. The van der Waals surface area contributed by atoms with E-state index in [0.717, 1.165) is 12.0 Å². The lowest BCUT2D eigenvalue weighted by atomic mass is 9.92. The van der Waals surface area contributed by atoms with Crippen LogP contribution in [0.15, 0.2) is 30.3 Å². The zero-order valence-electron chi connectivity index (χ0n) is 12.9. The first-order chi connectivity index (χ1) is 9.90. The summed E-state index contributed by atoms with van der Waals surface area (Å²) in [6.07, 6.45) is 0.922. The summed E-state index contributed by atoms with van der Waals surface area (Å²) in [7, 11) is 1.97. The van der Waals surface area contributed by atoms with Crippen LogP contribution >= 0.6 is 23.2 Å². The van der Waals surface area contributed by atoms with Crippen LogP contribution < -0.4 is 5.32 Å². The molecule has 2 aromatic rings. The average molecular weight is 322 g/mol. The maximum atomic E-state index is 6.13. The van der Waals surface area contributed by atoms with Crippen molar-refractivity contribution in [3.63, 3.8) is 0 Å². The van der Waals surface area contributed by atoms with Crippen molar-refractivity contribution in [2.75, 3.05) is 7.05 Å². The van der Waals surface area contributed by atoms with Crippen LogP contribution in [-0.2, 0) is 6.42 Å². The summed E-state index contributed by atoms with van der Waals surface area (Å²) in [5.74, 6) is 0. The van der Waals surface area contributed by atoms with E-state index in [0.29, 0.717) is 10.0 Å². The van der Waals surface area contributed by atoms with Crippen molar-refractivity contribution in [3.8, 4) is 0 Å². The number of rotatable bonds is 4. The molecule has 1 N–H and O–H groups in total. The van der Waals surface area contributed by atoms with E-state index < -0.39 is 0 Å². The molecule has 0 aliphatic rings. The van der Waals surface area contributed by atoms with Gasteiger partial charge < -0.3 is 5.32 Å². The lowest BCUT2D eigenvalue weighted by molar-refractivity contribution is 0.589. The fourth-order valence-corrected chi connectivity index (χ4v) is 3.44. The van der Waals surface area contributed by atoms with Gasteiger partial charge in [0, 0.05) is 16.1 Å². The zero-order valence-corrected chi connectivity index (χ0v) is 14.4. The Kier molecular flexibility index (Phi) is 5.32. The van der Waals surface area contributed by atoms with Gasteiger partial charge in [-0.2, -0.15) is 0 Å². The number of aryl methyl sites for hydroxylation is 3. The molecule has 0 aliphatic carbocycles. The van der Waals surface area contributed by atoms with E-state index in [1.54, 1.807) is 6.07 Å². The lowest BCUT2D eigenvalue weighted by Crippen LogP contribution is -2.20. The maximum absolute atomic E-state index is 6.13. The Morgan fingerprint density at radius 3 is 1.90 bits per heavy atom. The summed E-state index contributed by atoms with van der Waals surface area (Å²) in [4.78, 5) is 0. The number of hydrogen-bond donors (Lipinski definition) is 1. The van der Waals surface area contributed by atoms with Crippen molar-refractivity contribution >= 4 is 23.2 Å². The molecule has 0 aliphatic heterocycles. The van der Waals surface area contributed by atoms with Crippen molar-refractivity contribution in [2.45, 2.75) is 33.2 Å². The molecule has 0 saturated carbocycles. The average Bonchev–Trinajstić information content (AvgIpc) is 2.36. The van der Waals surface area contributed by atoms with Gasteiger partial charge in [-0.15, -0.1) is 0 Å². The first kappa shape index (κ1) is 16.4. The minimum atomic E-state index is 0.196. The van der Waals surface area contributed by atoms with Gasteiger partial charge in [-0.3, -0.25) is 0 Å². The van der Waals surface area contributed by atoms with Crippen LogP contribution in [-0.4, -0.2) is 7.05 Å². The van der Waals surface area contributed by atoms with Gasteiger partial charge in [0.25, 0.3) is 0 Å². The van der Waals surface area contributed by atoms with Gasteiger partial charge in [0.1, 0.15) is 0 Å². The van der Waals surface area contributed by atoms with Crippen LogP contribution in [0, 0.1) is 20.8 Å². The third kappa shape index (κ3) is 4.00. The number of benzene rings is 2. The highest BCUT2D eigenvalue weighted by Crippen LogP contribution is 2.28. The predicted molar refractivity (Wildman–Crippen MR) is 92.6 cm³/mol. The topological polar surface area (TPSA) is 12.0 Å². The molecule has 0 fully saturated rings. The van der Waals surface area contributed by atoms with Crippen molar-refractivity contribution in [1.82, 2.24) is 5.32 Å². The smallest absolute Gasteiger partial charge is 0.0424 e. The molecule has 1 unspecified atom stereocenters. The second-order valence-corrected chi connectivity index (χ2v) is 6.50. The summed E-state index contributed by atoms with van der Waals surface area (Å²) in [6.45, 7) is 6.48. The van der Waals surface area contributed by atoms with Crippen molar-refractivity contribution in [3.05, 3.63) is 68.2 Å². The van der Waals surface area contributed by atoms with Gasteiger partial charge in [0.2, 0.25) is 0 Å². The molecular weight excluding hydrogens is 301 g/mol. The summed E-state index contributed by atoms with van der Waals surface area (Å²) < 4.78 is 0. The van der Waals surface area contributed by atoms with E-state index in [4.69, 9.17) is 23.2 Å². The van der Waals surface area contributed by atoms with Crippen LogP contribution in [0.25, 0.3) is 0 Å². The van der Waals surface area contributed by atoms with Gasteiger partial charge in [-0.05, 0) is 74.7 Å². The fourth-order valence-electron chi connectivity index (χ4n) is 2.90. The van der Waals surface area contributed by atoms with E-state index >= 15 is 0 Å². The molecule has 2 aromatic carbocycles. The molecule has 0 spiro atoms. The lowest BCUT2D eigenvalue weighted by Gasteiger charge is -2.20. The van der Waals surface area contributed by atoms with Crippen LogP contribution in [0.4, 0.5) is 0 Å². The van der Waals surface area contributed by atoms with Crippen molar-refractivity contribution in [1.29, 1.82) is 0 Å². The monoisotopic (exact) mass is 321 g/mol. The highest BCUT2D eigenvalue weighted by atomic mass is 35.5. The SMILES string of the molecule is CNC(Cc1c(C)cc(C)cc1C)c1cc(Cl)cc(Cl)c1. The Morgan fingerprint density at radius 1 is 0.905 bits per heavy atom. The minimum Gasteiger partial charge on any atom is -0.313 e. The highest BCUT2D eigenvalue weighted by molar-refractivity contribution is 6.34. The van der Waals surface area contributed by atoms with Crippen LogP contribution in [0.1, 0.15) is 33.9 Å². The van der Waals surface area contributed by atoms with E-state index in [-0.39, 0.29) is 6.04 Å². The predicted octanol–water partition coefficient (Wildman–Crippen LogP) is 5.42. The van der Waals surface area contributed by atoms with E-state index in [1.807, 2.05) is 19.2 Å². The van der Waals surface area contributed by atoms with Gasteiger partial charge >= 0.3 is 0 Å². The van der Waals surface area contributed by atoms with Gasteiger partial charge in [0.05, 0.1) is 0 Å². The first-order valence-corrected chi connectivity index (χ1v) is 7.86. The molecule has 112 valence electrons. The Hall–Kier alpha value is -1.02. The van der Waals surface area contributed by atoms with Crippen LogP contribution in [0.3, 0.4) is 0 Å². The van der Waals surface area contributed by atoms with Gasteiger partial charge in [0.15, 0.2) is 0 Å². The Labute approximate surface area is 137 Å². The van der Waals surface area contributed by atoms with Crippen LogP contribution in [0.2, 0.25) is 10.0 Å². The van der Waals surface area contributed by atoms with E-state index in [9.17, 15) is 0 Å². The summed E-state index contributed by atoms with van der Waals surface area (Å²) in [5.41, 5.74) is 6.48. The van der Waals surface area contributed by atoms with E-state index in [2.05, 4.69) is 38.2 Å². The molecular formula is C18H21Cl2N. The number of nitrogens with one attached hydrogen (secondary N) is 1. The molecule has 0 bridgehead atoms. The molecule has 1 nitrogen and oxygen atoms in total. The number of halogens is 2. The molecule has 2 rings (SSSR count). The maximum Gasteiger partial charge on any atom is 0.0424 e. The summed E-state index contributed by atoms with van der Waals surface area (Å²) in [5, 5.41) is 4.73. The molecule has 0 aromatic heterocycles. The quantitative estimate of drug-likeness (QED) is 0.792. The second-order valence-electron chi connectivity index (χ2n) is 5.63. The third-order valence-electron chi connectivity index (χ3n) is 3.88. The molecule has 21 heavy (non-hydrogen) atoms. The zero-order chi connectivity index (χ0) is 15.6. The first-order valence-electron chi connectivity index (χ1n) is 7.10. The standard InChI is InChI=1S/C18H21Cl2N/c1-11-5-12(2)17(13(3)6-11)10-18(21-4)14-7-15(19)9-16(20)8-14/h5-9,18,21H,10H2,1-4H3. The van der Waals surface area contributed by atoms with E-state index in [1.165, 1.54) is 22.3 Å². The summed E-state index contributed by atoms with van der Waals surface area (Å²) in [6, 6.07) is 10.4. The molecule has 0 radical (unpaired) electrons. The Bertz CT molecular complexity index is 606. The van der Waals surface area contributed by atoms with Crippen LogP contribution in [0.5, 0.6) is 0 Å². The number of hydrogen-bond acceptors (Lipinski definition) is 1. The van der Waals surface area contributed by atoms with Gasteiger partial charge in [-0.1, -0.05) is 40.9 Å². The Balaban J connectivity index is 2.35. The normalized spacial score (nSPS) is 12.5. The molecule has 0 heterocycles. The van der Waals surface area contributed by atoms with Crippen molar-refractivity contribution < 1.29 is 0 Å². The minimum absolute atomic E-state index is 0.196. The largest absolute Gasteiger partial charge is 0.313 e. The third-order valence-corrected chi connectivity index (χ3v) is 4.32. The number of likely N-dealkylation sites (N-methyl/N-ethyl adjacent to an activating group) is 1.